The number of carbonyl (C=O) groups is 2. The number of carbonyl (C=O) groups excluding carboxylic acids is 2. The molecule has 0 aromatic rings. The molecule has 4 nitrogen and oxygen atoms in total. The smallest absolute Gasteiger partial charge is 0.333 e. The van der Waals surface area contributed by atoms with Gasteiger partial charge >= 0.3 is 11.9 Å². The Kier molecular flexibility index (Phi) is 8.27. The van der Waals surface area contributed by atoms with Crippen molar-refractivity contribution in [1.82, 2.24) is 0 Å². The predicted octanol–water partition coefficient (Wildman–Crippen LogP) is 2.42. The molecule has 0 radical (unpaired) electrons. The molecule has 0 aliphatic rings. The lowest BCUT2D eigenvalue weighted by molar-refractivity contribution is -0.146. The van der Waals surface area contributed by atoms with Crippen molar-refractivity contribution < 1.29 is 19.1 Å². The maximum Gasteiger partial charge on any atom is 0.333 e. The highest BCUT2D eigenvalue weighted by molar-refractivity contribution is 5.87. The molecule has 0 saturated heterocycles. The molecule has 4 heteroatoms. The topological polar surface area (TPSA) is 52.6 Å². The van der Waals surface area contributed by atoms with Crippen molar-refractivity contribution in [2.75, 3.05) is 13.2 Å². The summed E-state index contributed by atoms with van der Waals surface area (Å²) >= 11 is 0. The van der Waals surface area contributed by atoms with Gasteiger partial charge in [-0.1, -0.05) is 38.3 Å². The molecule has 0 aromatic carbocycles. The lowest BCUT2D eigenvalue weighted by atomic mass is 10.1. The molecule has 0 aromatic heterocycles. The zero-order valence-electron chi connectivity index (χ0n) is 11.0. The average Bonchev–Trinajstić information content (AvgIpc) is 2.38. The second-order valence-corrected chi connectivity index (χ2v) is 3.83. The zero-order chi connectivity index (χ0) is 14.0. The van der Waals surface area contributed by atoms with Crippen molar-refractivity contribution in [2.24, 2.45) is 5.92 Å². The highest BCUT2D eigenvalue weighted by Gasteiger charge is 2.13. The summed E-state index contributed by atoms with van der Waals surface area (Å²) in [5.41, 5.74) is 0.472. The third-order valence-corrected chi connectivity index (χ3v) is 2.18. The summed E-state index contributed by atoms with van der Waals surface area (Å²) in [4.78, 5) is 22.8. The van der Waals surface area contributed by atoms with Gasteiger partial charge in [-0.2, -0.15) is 0 Å². The van der Waals surface area contributed by atoms with Crippen LogP contribution in [0.15, 0.2) is 37.0 Å². The third-order valence-electron chi connectivity index (χ3n) is 2.18. The van der Waals surface area contributed by atoms with Crippen LogP contribution in [-0.2, 0) is 19.1 Å². The Hall–Kier alpha value is -1.84. The highest BCUT2D eigenvalue weighted by atomic mass is 16.5. The van der Waals surface area contributed by atoms with E-state index in [-0.39, 0.29) is 25.1 Å². The van der Waals surface area contributed by atoms with Gasteiger partial charge in [0.25, 0.3) is 0 Å². The molecule has 0 amide bonds. The first-order valence-corrected chi connectivity index (χ1v) is 5.75. The van der Waals surface area contributed by atoms with E-state index in [9.17, 15) is 9.59 Å². The first-order chi connectivity index (χ1) is 8.52. The number of hydrogen-bond acceptors (Lipinski definition) is 4. The number of esters is 2. The van der Waals surface area contributed by atoms with Crippen LogP contribution in [0.3, 0.4) is 0 Å². The van der Waals surface area contributed by atoms with Crippen LogP contribution in [0, 0.1) is 5.92 Å². The SMILES string of the molecule is C=CCOC(=O)/C(C)=C/CC(C)C(=O)OCC=C. The van der Waals surface area contributed by atoms with Crippen LogP contribution in [0.4, 0.5) is 0 Å². The normalized spacial score (nSPS) is 12.4. The number of ether oxygens (including phenoxy) is 2. The first kappa shape index (κ1) is 16.2. The van der Waals surface area contributed by atoms with E-state index in [1.54, 1.807) is 19.9 Å². The summed E-state index contributed by atoms with van der Waals surface area (Å²) in [6.45, 7) is 10.7. The van der Waals surface area contributed by atoms with Crippen LogP contribution in [0.5, 0.6) is 0 Å². The Balaban J connectivity index is 4.18. The van der Waals surface area contributed by atoms with E-state index in [0.717, 1.165) is 0 Å². The number of hydrogen-bond donors (Lipinski definition) is 0. The van der Waals surface area contributed by atoms with Gasteiger partial charge in [0.2, 0.25) is 0 Å². The van der Waals surface area contributed by atoms with Crippen molar-refractivity contribution in [2.45, 2.75) is 20.3 Å². The number of rotatable bonds is 8. The zero-order valence-corrected chi connectivity index (χ0v) is 11.0. The second-order valence-electron chi connectivity index (χ2n) is 3.83. The monoisotopic (exact) mass is 252 g/mol. The molecular formula is C14H20O4. The standard InChI is InChI=1S/C14H20O4/c1-5-9-17-13(15)11(3)7-8-12(4)14(16)18-10-6-2/h5-7,12H,1-2,8-10H2,3-4H3/b11-7+. The maximum atomic E-state index is 11.4. The van der Waals surface area contributed by atoms with E-state index in [1.165, 1.54) is 12.2 Å². The third kappa shape index (κ3) is 6.68. The van der Waals surface area contributed by atoms with Gasteiger partial charge in [0, 0.05) is 5.57 Å². The molecule has 0 rings (SSSR count). The second kappa shape index (κ2) is 9.22. The van der Waals surface area contributed by atoms with Gasteiger partial charge in [0.1, 0.15) is 13.2 Å². The molecule has 0 fully saturated rings. The minimum Gasteiger partial charge on any atom is -0.461 e. The Morgan fingerprint density at radius 3 is 2.28 bits per heavy atom. The van der Waals surface area contributed by atoms with Crippen molar-refractivity contribution >= 4 is 11.9 Å². The van der Waals surface area contributed by atoms with Gasteiger partial charge in [-0.05, 0) is 13.3 Å². The van der Waals surface area contributed by atoms with Gasteiger partial charge < -0.3 is 9.47 Å². The van der Waals surface area contributed by atoms with E-state index in [1.807, 2.05) is 0 Å². The quantitative estimate of drug-likeness (QED) is 0.378. The fourth-order valence-corrected chi connectivity index (χ4v) is 1.06. The summed E-state index contributed by atoms with van der Waals surface area (Å²) in [5.74, 6) is -1.01. The van der Waals surface area contributed by atoms with Gasteiger partial charge in [0.15, 0.2) is 0 Å². The van der Waals surface area contributed by atoms with Gasteiger partial charge in [0.05, 0.1) is 5.92 Å². The molecule has 100 valence electrons. The lowest BCUT2D eigenvalue weighted by Gasteiger charge is -2.08. The molecule has 0 saturated carbocycles. The summed E-state index contributed by atoms with van der Waals surface area (Å²) in [6.07, 6.45) is 5.12. The Morgan fingerprint density at radius 2 is 1.72 bits per heavy atom. The van der Waals surface area contributed by atoms with E-state index >= 15 is 0 Å². The number of allylic oxidation sites excluding steroid dienone is 1. The summed E-state index contributed by atoms with van der Waals surface area (Å²) in [5, 5.41) is 0. The maximum absolute atomic E-state index is 11.4. The molecule has 1 atom stereocenters. The summed E-state index contributed by atoms with van der Waals surface area (Å²) in [7, 11) is 0. The first-order valence-electron chi connectivity index (χ1n) is 5.75. The van der Waals surface area contributed by atoms with Crippen molar-refractivity contribution in [1.29, 1.82) is 0 Å². The van der Waals surface area contributed by atoms with Crippen LogP contribution in [0.25, 0.3) is 0 Å². The average molecular weight is 252 g/mol. The van der Waals surface area contributed by atoms with Crippen molar-refractivity contribution in [3.63, 3.8) is 0 Å². The highest BCUT2D eigenvalue weighted by Crippen LogP contribution is 2.09. The largest absolute Gasteiger partial charge is 0.461 e. The molecule has 1 unspecified atom stereocenters. The summed E-state index contributed by atoms with van der Waals surface area (Å²) in [6, 6.07) is 0. The fourth-order valence-electron chi connectivity index (χ4n) is 1.06. The Labute approximate surface area is 108 Å². The van der Waals surface area contributed by atoms with Crippen LogP contribution in [0.1, 0.15) is 20.3 Å². The van der Waals surface area contributed by atoms with Gasteiger partial charge in [-0.25, -0.2) is 4.79 Å². The van der Waals surface area contributed by atoms with Crippen molar-refractivity contribution in [3.8, 4) is 0 Å². The lowest BCUT2D eigenvalue weighted by Crippen LogP contribution is -2.14. The fraction of sp³-hybridized carbons (Fsp3) is 0.429. The molecule has 0 aliphatic carbocycles. The molecule has 0 bridgehead atoms. The molecular weight excluding hydrogens is 232 g/mol. The molecule has 0 N–H and O–H groups in total. The Bertz CT molecular complexity index is 342. The van der Waals surface area contributed by atoms with E-state index in [4.69, 9.17) is 9.47 Å². The van der Waals surface area contributed by atoms with E-state index < -0.39 is 5.97 Å². The molecule has 0 heterocycles. The minimum absolute atomic E-state index is 0.181. The van der Waals surface area contributed by atoms with Crippen molar-refractivity contribution in [3.05, 3.63) is 37.0 Å². The molecule has 0 aliphatic heterocycles. The van der Waals surface area contributed by atoms with Crippen LogP contribution >= 0.6 is 0 Å². The van der Waals surface area contributed by atoms with E-state index in [0.29, 0.717) is 12.0 Å². The van der Waals surface area contributed by atoms with Gasteiger partial charge in [-0.3, -0.25) is 4.79 Å². The molecule has 0 spiro atoms. The minimum atomic E-state index is -0.401. The van der Waals surface area contributed by atoms with Gasteiger partial charge in [-0.15, -0.1) is 0 Å². The summed E-state index contributed by atoms with van der Waals surface area (Å²) < 4.78 is 9.75. The van der Waals surface area contributed by atoms with Crippen LogP contribution in [-0.4, -0.2) is 25.2 Å². The van der Waals surface area contributed by atoms with Crippen LogP contribution in [0.2, 0.25) is 0 Å². The predicted molar refractivity (Wildman–Crippen MR) is 69.9 cm³/mol. The van der Waals surface area contributed by atoms with E-state index in [2.05, 4.69) is 13.2 Å². The molecule has 18 heavy (non-hydrogen) atoms. The Morgan fingerprint density at radius 1 is 1.17 bits per heavy atom. The van der Waals surface area contributed by atoms with Crippen LogP contribution < -0.4 is 0 Å².